The Labute approximate surface area is 69.2 Å². The second-order valence-electron chi connectivity index (χ2n) is 3.49. The standard InChI is InChI=1S/C9H19NO/c1-2-3-5-10-6-4-9(7-10)8-11/h9,11H,2-8H2,1H3. The molecule has 0 aromatic rings. The van der Waals surface area contributed by atoms with Crippen LogP contribution >= 0.6 is 0 Å². The molecule has 2 nitrogen and oxygen atoms in total. The molecule has 1 fully saturated rings. The van der Waals surface area contributed by atoms with Gasteiger partial charge in [0.2, 0.25) is 0 Å². The number of hydrogen-bond acceptors (Lipinski definition) is 2. The zero-order valence-corrected chi connectivity index (χ0v) is 7.42. The average molecular weight is 157 g/mol. The summed E-state index contributed by atoms with van der Waals surface area (Å²) < 4.78 is 0. The van der Waals surface area contributed by atoms with Crippen molar-refractivity contribution in [3.8, 4) is 0 Å². The van der Waals surface area contributed by atoms with E-state index in [9.17, 15) is 0 Å². The molecule has 1 aliphatic rings. The van der Waals surface area contributed by atoms with Gasteiger partial charge in [-0.05, 0) is 31.8 Å². The molecule has 1 N–H and O–H groups in total. The molecule has 1 unspecified atom stereocenters. The molecule has 0 bridgehead atoms. The fourth-order valence-electron chi connectivity index (χ4n) is 1.65. The van der Waals surface area contributed by atoms with E-state index < -0.39 is 0 Å². The first-order chi connectivity index (χ1) is 5.36. The highest BCUT2D eigenvalue weighted by atomic mass is 16.3. The van der Waals surface area contributed by atoms with Gasteiger partial charge in [0.25, 0.3) is 0 Å². The fraction of sp³-hybridized carbons (Fsp3) is 1.00. The molecule has 0 aliphatic carbocycles. The van der Waals surface area contributed by atoms with Gasteiger partial charge in [0.05, 0.1) is 0 Å². The van der Waals surface area contributed by atoms with E-state index >= 15 is 0 Å². The summed E-state index contributed by atoms with van der Waals surface area (Å²) in [6.07, 6.45) is 3.78. The lowest BCUT2D eigenvalue weighted by molar-refractivity contribution is 0.221. The van der Waals surface area contributed by atoms with Crippen molar-refractivity contribution < 1.29 is 5.11 Å². The highest BCUT2D eigenvalue weighted by Gasteiger charge is 2.20. The third kappa shape index (κ3) is 2.80. The van der Waals surface area contributed by atoms with Crippen LogP contribution in [0.5, 0.6) is 0 Å². The second-order valence-corrected chi connectivity index (χ2v) is 3.49. The predicted octanol–water partition coefficient (Wildman–Crippen LogP) is 1.10. The molecule has 1 aliphatic heterocycles. The molecule has 0 aromatic heterocycles. The monoisotopic (exact) mass is 157 g/mol. The van der Waals surface area contributed by atoms with Gasteiger partial charge in [0.15, 0.2) is 0 Å². The SMILES string of the molecule is CCCCN1CCC(CO)C1. The van der Waals surface area contributed by atoms with Gasteiger partial charge in [-0.25, -0.2) is 0 Å². The first kappa shape index (κ1) is 9.01. The minimum Gasteiger partial charge on any atom is -0.396 e. The van der Waals surface area contributed by atoms with Crippen molar-refractivity contribution in [1.29, 1.82) is 0 Å². The highest BCUT2D eigenvalue weighted by molar-refractivity contribution is 4.74. The summed E-state index contributed by atoms with van der Waals surface area (Å²) in [7, 11) is 0. The van der Waals surface area contributed by atoms with Crippen molar-refractivity contribution in [2.45, 2.75) is 26.2 Å². The third-order valence-electron chi connectivity index (χ3n) is 2.46. The average Bonchev–Trinajstić information content (AvgIpc) is 2.48. The van der Waals surface area contributed by atoms with E-state index in [1.54, 1.807) is 0 Å². The lowest BCUT2D eigenvalue weighted by Crippen LogP contribution is -2.22. The number of aliphatic hydroxyl groups is 1. The number of aliphatic hydroxyl groups excluding tert-OH is 1. The van der Waals surface area contributed by atoms with Crippen molar-refractivity contribution in [2.75, 3.05) is 26.2 Å². The molecule has 0 aromatic carbocycles. The largest absolute Gasteiger partial charge is 0.396 e. The molecule has 0 amide bonds. The van der Waals surface area contributed by atoms with E-state index in [1.807, 2.05) is 0 Å². The van der Waals surface area contributed by atoms with E-state index in [0.29, 0.717) is 12.5 Å². The van der Waals surface area contributed by atoms with Gasteiger partial charge < -0.3 is 10.0 Å². The molecule has 0 saturated carbocycles. The van der Waals surface area contributed by atoms with Gasteiger partial charge in [-0.3, -0.25) is 0 Å². The first-order valence-electron chi connectivity index (χ1n) is 4.70. The van der Waals surface area contributed by atoms with Crippen molar-refractivity contribution in [3.63, 3.8) is 0 Å². The molecule has 0 spiro atoms. The maximum absolute atomic E-state index is 8.88. The maximum Gasteiger partial charge on any atom is 0.0471 e. The van der Waals surface area contributed by atoms with Crippen molar-refractivity contribution in [2.24, 2.45) is 5.92 Å². The summed E-state index contributed by atoms with van der Waals surface area (Å²) in [5.74, 6) is 0.562. The topological polar surface area (TPSA) is 23.5 Å². The first-order valence-corrected chi connectivity index (χ1v) is 4.70. The number of rotatable bonds is 4. The van der Waals surface area contributed by atoms with Crippen molar-refractivity contribution in [3.05, 3.63) is 0 Å². The normalized spacial score (nSPS) is 26.2. The molecule has 1 rings (SSSR count). The van der Waals surface area contributed by atoms with Crippen LogP contribution in [0.2, 0.25) is 0 Å². The van der Waals surface area contributed by atoms with Crippen LogP contribution in [0.3, 0.4) is 0 Å². The van der Waals surface area contributed by atoms with Gasteiger partial charge in [-0.2, -0.15) is 0 Å². The van der Waals surface area contributed by atoms with Crippen LogP contribution in [0.1, 0.15) is 26.2 Å². The summed E-state index contributed by atoms with van der Waals surface area (Å²) in [6, 6.07) is 0. The lowest BCUT2D eigenvalue weighted by atomic mass is 10.1. The van der Waals surface area contributed by atoms with Crippen LogP contribution in [0.4, 0.5) is 0 Å². The summed E-state index contributed by atoms with van der Waals surface area (Å²) in [5.41, 5.74) is 0. The Hall–Kier alpha value is -0.0800. The summed E-state index contributed by atoms with van der Waals surface area (Å²) in [6.45, 7) is 6.15. The van der Waals surface area contributed by atoms with Crippen LogP contribution < -0.4 is 0 Å². The molecule has 0 radical (unpaired) electrons. The minimum absolute atomic E-state index is 0.378. The molecule has 11 heavy (non-hydrogen) atoms. The van der Waals surface area contributed by atoms with Gasteiger partial charge in [0, 0.05) is 13.2 Å². The molecule has 2 heteroatoms. The summed E-state index contributed by atoms with van der Waals surface area (Å²) >= 11 is 0. The van der Waals surface area contributed by atoms with Crippen LogP contribution in [0, 0.1) is 5.92 Å². The van der Waals surface area contributed by atoms with E-state index in [4.69, 9.17) is 5.11 Å². The number of unbranched alkanes of at least 4 members (excludes halogenated alkanes) is 1. The molecule has 1 saturated heterocycles. The van der Waals surface area contributed by atoms with Gasteiger partial charge >= 0.3 is 0 Å². The molecule has 66 valence electrons. The zero-order valence-electron chi connectivity index (χ0n) is 7.42. The Morgan fingerprint density at radius 3 is 2.91 bits per heavy atom. The smallest absolute Gasteiger partial charge is 0.0471 e. The quantitative estimate of drug-likeness (QED) is 0.660. The molecule has 1 atom stereocenters. The van der Waals surface area contributed by atoms with E-state index in [2.05, 4.69) is 11.8 Å². The van der Waals surface area contributed by atoms with E-state index in [-0.39, 0.29) is 0 Å². The molecular weight excluding hydrogens is 138 g/mol. The van der Waals surface area contributed by atoms with Gasteiger partial charge in [-0.15, -0.1) is 0 Å². The Bertz CT molecular complexity index is 106. The lowest BCUT2D eigenvalue weighted by Gasteiger charge is -2.14. The molecule has 1 heterocycles. The third-order valence-corrected chi connectivity index (χ3v) is 2.46. The van der Waals surface area contributed by atoms with Crippen molar-refractivity contribution >= 4 is 0 Å². The minimum atomic E-state index is 0.378. The summed E-state index contributed by atoms with van der Waals surface area (Å²) in [5, 5.41) is 8.88. The Morgan fingerprint density at radius 1 is 1.55 bits per heavy atom. The number of nitrogens with zero attached hydrogens (tertiary/aromatic N) is 1. The van der Waals surface area contributed by atoms with Crippen LogP contribution in [-0.2, 0) is 0 Å². The van der Waals surface area contributed by atoms with Crippen molar-refractivity contribution in [1.82, 2.24) is 4.90 Å². The van der Waals surface area contributed by atoms with E-state index in [1.165, 1.54) is 32.4 Å². The van der Waals surface area contributed by atoms with Crippen LogP contribution in [0.25, 0.3) is 0 Å². The Kier molecular flexibility index (Phi) is 3.87. The van der Waals surface area contributed by atoms with Crippen LogP contribution in [0.15, 0.2) is 0 Å². The number of hydrogen-bond donors (Lipinski definition) is 1. The second kappa shape index (κ2) is 4.73. The Balaban J connectivity index is 2.09. The maximum atomic E-state index is 8.88. The molecular formula is C9H19NO. The zero-order chi connectivity index (χ0) is 8.10. The van der Waals surface area contributed by atoms with Crippen LogP contribution in [-0.4, -0.2) is 36.2 Å². The van der Waals surface area contributed by atoms with Gasteiger partial charge in [0.1, 0.15) is 0 Å². The van der Waals surface area contributed by atoms with Gasteiger partial charge in [-0.1, -0.05) is 13.3 Å². The summed E-state index contributed by atoms with van der Waals surface area (Å²) in [4.78, 5) is 2.46. The Morgan fingerprint density at radius 2 is 2.36 bits per heavy atom. The fourth-order valence-corrected chi connectivity index (χ4v) is 1.65. The predicted molar refractivity (Wildman–Crippen MR) is 46.5 cm³/mol. The van der Waals surface area contributed by atoms with E-state index in [0.717, 1.165) is 6.54 Å². The highest BCUT2D eigenvalue weighted by Crippen LogP contribution is 2.15. The number of likely N-dealkylation sites (tertiary alicyclic amines) is 1.